The molecule has 0 bridgehead atoms. The Morgan fingerprint density at radius 3 is 2.19 bits per heavy atom. The monoisotopic (exact) mass is 515 g/mol. The summed E-state index contributed by atoms with van der Waals surface area (Å²) < 4.78 is 0. The maximum absolute atomic E-state index is 4.67. The minimum Gasteiger partial charge on any atom is -0.386 e. The minimum atomic E-state index is 0.400. The van der Waals surface area contributed by atoms with Gasteiger partial charge in [-0.25, -0.2) is 0 Å². The Balaban J connectivity index is 2.83. The number of nitrogens with one attached hydrogen (secondary N) is 1. The molecule has 0 spiro atoms. The van der Waals surface area contributed by atoms with Gasteiger partial charge < -0.3 is 10.2 Å². The van der Waals surface area contributed by atoms with Gasteiger partial charge in [-0.1, -0.05) is 112 Å². The van der Waals surface area contributed by atoms with Gasteiger partial charge in [-0.3, -0.25) is 0 Å². The Labute approximate surface area is 233 Å². The number of hydrogen-bond donors (Lipinski definition) is 1. The summed E-state index contributed by atoms with van der Waals surface area (Å²) in [7, 11) is 0. The molecule has 0 radical (unpaired) electrons. The van der Waals surface area contributed by atoms with Crippen LogP contribution in [0, 0.1) is 35.5 Å². The zero-order valence-corrected chi connectivity index (χ0v) is 26.8. The first-order valence-corrected chi connectivity index (χ1v) is 16.1. The van der Waals surface area contributed by atoms with Crippen LogP contribution in [0.4, 0.5) is 0 Å². The zero-order chi connectivity index (χ0) is 28.1. The standard InChI is InChI=1S/C35H66N2/c1-13-17-18-19-21-26(6)28(8)31(11)36-32(12)30(10)34(16-4)35-22-20-23-37(35)27(7)24-33(15-3)29(9)25(5)14-2/h21,25,28-31,33-36H,7,12-20,22-24H2,1-6,8-11H3/b26-21+/t25-,28-,29?,30-,31+,33?,34?,35?/m0/s1. The number of likely N-dealkylation sites (tertiary alicyclic amines) is 1. The maximum atomic E-state index is 4.67. The third-order valence-electron chi connectivity index (χ3n) is 10.3. The van der Waals surface area contributed by atoms with Gasteiger partial charge in [0.15, 0.2) is 0 Å². The molecule has 2 nitrogen and oxygen atoms in total. The molecule has 0 saturated carbocycles. The van der Waals surface area contributed by atoms with Crippen molar-refractivity contribution >= 4 is 0 Å². The van der Waals surface area contributed by atoms with Gasteiger partial charge in [0.1, 0.15) is 0 Å². The molecule has 0 aliphatic carbocycles. The lowest BCUT2D eigenvalue weighted by molar-refractivity contribution is 0.168. The predicted molar refractivity (Wildman–Crippen MR) is 168 cm³/mol. The molecule has 1 saturated heterocycles. The third kappa shape index (κ3) is 10.1. The third-order valence-corrected chi connectivity index (χ3v) is 10.3. The summed E-state index contributed by atoms with van der Waals surface area (Å²) in [6, 6.07) is 0.993. The summed E-state index contributed by atoms with van der Waals surface area (Å²) in [5.74, 6) is 3.85. The molecule has 216 valence electrons. The first-order chi connectivity index (χ1) is 17.5. The van der Waals surface area contributed by atoms with Gasteiger partial charge in [0, 0.05) is 30.0 Å². The Hall–Kier alpha value is -1.18. The fourth-order valence-corrected chi connectivity index (χ4v) is 6.66. The summed E-state index contributed by atoms with van der Waals surface area (Å²) in [5, 5.41) is 3.84. The van der Waals surface area contributed by atoms with Gasteiger partial charge in [-0.05, 0) is 81.5 Å². The summed E-state index contributed by atoms with van der Waals surface area (Å²) in [4.78, 5) is 2.71. The highest BCUT2D eigenvalue weighted by molar-refractivity contribution is 5.11. The molecule has 1 rings (SSSR count). The molecule has 1 aliphatic rings. The van der Waals surface area contributed by atoms with Gasteiger partial charge >= 0.3 is 0 Å². The van der Waals surface area contributed by atoms with Crippen molar-refractivity contribution in [2.24, 2.45) is 35.5 Å². The van der Waals surface area contributed by atoms with Gasteiger partial charge in [0.05, 0.1) is 0 Å². The Morgan fingerprint density at radius 2 is 1.62 bits per heavy atom. The van der Waals surface area contributed by atoms with Crippen LogP contribution in [-0.4, -0.2) is 23.5 Å². The van der Waals surface area contributed by atoms with Crippen molar-refractivity contribution < 1.29 is 0 Å². The van der Waals surface area contributed by atoms with Gasteiger partial charge in [-0.15, -0.1) is 0 Å². The van der Waals surface area contributed by atoms with E-state index < -0.39 is 0 Å². The number of allylic oxidation sites excluding steroid dienone is 3. The summed E-state index contributed by atoms with van der Waals surface area (Å²) >= 11 is 0. The van der Waals surface area contributed by atoms with Crippen molar-refractivity contribution in [3.8, 4) is 0 Å². The van der Waals surface area contributed by atoms with E-state index in [2.05, 4.69) is 98.7 Å². The van der Waals surface area contributed by atoms with Crippen LogP contribution in [0.3, 0.4) is 0 Å². The van der Waals surface area contributed by atoms with Crippen LogP contribution in [0.1, 0.15) is 133 Å². The van der Waals surface area contributed by atoms with E-state index in [1.165, 1.54) is 81.3 Å². The molecule has 0 amide bonds. The van der Waals surface area contributed by atoms with Crippen molar-refractivity contribution in [2.75, 3.05) is 6.54 Å². The Morgan fingerprint density at radius 1 is 0.946 bits per heavy atom. The largest absolute Gasteiger partial charge is 0.386 e. The fraction of sp³-hybridized carbons (Fsp3) is 0.829. The van der Waals surface area contributed by atoms with E-state index in [1.807, 2.05) is 0 Å². The van der Waals surface area contributed by atoms with Gasteiger partial charge in [0.2, 0.25) is 0 Å². The van der Waals surface area contributed by atoms with Crippen LogP contribution in [0.25, 0.3) is 0 Å². The van der Waals surface area contributed by atoms with Crippen LogP contribution in [0.2, 0.25) is 0 Å². The molecule has 0 aromatic heterocycles. The highest BCUT2D eigenvalue weighted by atomic mass is 15.2. The predicted octanol–water partition coefficient (Wildman–Crippen LogP) is 10.4. The molecule has 1 heterocycles. The normalized spacial score (nSPS) is 22.2. The second-order valence-electron chi connectivity index (χ2n) is 12.6. The first-order valence-electron chi connectivity index (χ1n) is 16.1. The van der Waals surface area contributed by atoms with E-state index in [4.69, 9.17) is 0 Å². The lowest BCUT2D eigenvalue weighted by Gasteiger charge is -2.40. The van der Waals surface area contributed by atoms with Crippen LogP contribution >= 0.6 is 0 Å². The summed E-state index contributed by atoms with van der Waals surface area (Å²) in [6.07, 6.45) is 15.1. The molecule has 0 aromatic carbocycles. The van der Waals surface area contributed by atoms with Crippen molar-refractivity contribution in [3.63, 3.8) is 0 Å². The van der Waals surface area contributed by atoms with Crippen LogP contribution in [-0.2, 0) is 0 Å². The highest BCUT2D eigenvalue weighted by Crippen LogP contribution is 2.38. The molecular weight excluding hydrogens is 448 g/mol. The van der Waals surface area contributed by atoms with Crippen molar-refractivity contribution in [2.45, 2.75) is 146 Å². The average Bonchev–Trinajstić information content (AvgIpc) is 3.38. The van der Waals surface area contributed by atoms with E-state index in [0.717, 1.165) is 24.2 Å². The lowest BCUT2D eigenvalue weighted by atomic mass is 9.78. The molecule has 1 N–H and O–H groups in total. The zero-order valence-electron chi connectivity index (χ0n) is 26.8. The van der Waals surface area contributed by atoms with E-state index in [9.17, 15) is 0 Å². The average molecular weight is 515 g/mol. The Bertz CT molecular complexity index is 691. The van der Waals surface area contributed by atoms with E-state index in [0.29, 0.717) is 29.8 Å². The minimum absolute atomic E-state index is 0.400. The van der Waals surface area contributed by atoms with Gasteiger partial charge in [0.25, 0.3) is 0 Å². The summed E-state index contributed by atoms with van der Waals surface area (Å²) in [5.41, 5.74) is 4.12. The van der Waals surface area contributed by atoms with Crippen LogP contribution < -0.4 is 5.32 Å². The number of hydrogen-bond acceptors (Lipinski definition) is 2. The molecule has 8 atom stereocenters. The SMILES string of the molecule is C=C(N[C@H](C)[C@@H](C)/C(C)=C/CCCCC)[C@H](C)C(CC)C1CCCN1C(=C)CC(CC)C(C)[C@@H](C)CC. The molecule has 0 aromatic rings. The molecule has 1 aliphatic heterocycles. The van der Waals surface area contributed by atoms with E-state index in [1.54, 1.807) is 0 Å². The smallest absolute Gasteiger partial charge is 0.0321 e. The van der Waals surface area contributed by atoms with E-state index in [-0.39, 0.29) is 0 Å². The summed E-state index contributed by atoms with van der Waals surface area (Å²) in [6.45, 7) is 34.1. The first kappa shape index (κ1) is 33.8. The molecule has 37 heavy (non-hydrogen) atoms. The number of unbranched alkanes of at least 4 members (excludes halogenated alkanes) is 3. The van der Waals surface area contributed by atoms with Gasteiger partial charge in [-0.2, -0.15) is 0 Å². The number of rotatable bonds is 19. The molecule has 4 unspecified atom stereocenters. The highest BCUT2D eigenvalue weighted by Gasteiger charge is 2.36. The molecule has 1 fully saturated rings. The Kier molecular flexibility index (Phi) is 15.9. The number of nitrogens with zero attached hydrogens (tertiary/aromatic N) is 1. The second-order valence-corrected chi connectivity index (χ2v) is 12.6. The van der Waals surface area contributed by atoms with Crippen molar-refractivity contribution in [3.05, 3.63) is 36.2 Å². The maximum Gasteiger partial charge on any atom is 0.0321 e. The quantitative estimate of drug-likeness (QED) is 0.136. The topological polar surface area (TPSA) is 15.3 Å². The second kappa shape index (κ2) is 17.4. The fourth-order valence-electron chi connectivity index (χ4n) is 6.66. The molecular formula is C35H66N2. The van der Waals surface area contributed by atoms with Crippen molar-refractivity contribution in [1.82, 2.24) is 10.2 Å². The molecule has 2 heteroatoms. The van der Waals surface area contributed by atoms with Crippen LogP contribution in [0.5, 0.6) is 0 Å². The van der Waals surface area contributed by atoms with Crippen LogP contribution in [0.15, 0.2) is 36.2 Å². The van der Waals surface area contributed by atoms with Crippen molar-refractivity contribution in [1.29, 1.82) is 0 Å². The lowest BCUT2D eigenvalue weighted by Crippen LogP contribution is -2.41. The van der Waals surface area contributed by atoms with E-state index >= 15 is 0 Å².